The Labute approximate surface area is 192 Å². The molecular weight excluding hydrogens is 475 g/mol. The number of hydrogen-bond donors (Lipinski definition) is 1. The largest absolute Gasteiger partial charge is 0.484 e. The molecule has 2 aliphatic rings. The Kier molecular flexibility index (Phi) is 6.91. The van der Waals surface area contributed by atoms with Gasteiger partial charge in [-0.25, -0.2) is 4.79 Å². The number of benzene rings is 1. The number of allylic oxidation sites excluding steroid dienone is 1. The second-order valence-electron chi connectivity index (χ2n) is 6.42. The Balaban J connectivity index is 1.68. The Morgan fingerprint density at radius 1 is 1.30 bits per heavy atom. The number of carbonyl (C=O) groups excluding carboxylic acids is 3. The van der Waals surface area contributed by atoms with Crippen LogP contribution in [0.5, 0.6) is 5.75 Å². The third-order valence-corrected chi connectivity index (χ3v) is 6.73. The summed E-state index contributed by atoms with van der Waals surface area (Å²) < 4.78 is 8.45. The molecule has 2 amide bonds. The van der Waals surface area contributed by atoms with Crippen LogP contribution < -0.4 is 10.1 Å². The van der Waals surface area contributed by atoms with E-state index in [1.807, 2.05) is 6.07 Å². The lowest BCUT2D eigenvalue weighted by Crippen LogP contribution is -2.70. The van der Waals surface area contributed by atoms with Gasteiger partial charge in [0.1, 0.15) is 22.9 Å². The summed E-state index contributed by atoms with van der Waals surface area (Å²) in [5.41, 5.74) is 0.418. The number of esters is 1. The second kappa shape index (κ2) is 9.09. The van der Waals surface area contributed by atoms with Crippen molar-refractivity contribution in [2.75, 3.05) is 12.5 Å². The molecule has 1 aromatic rings. The summed E-state index contributed by atoms with van der Waals surface area (Å²) >= 11 is 18.5. The van der Waals surface area contributed by atoms with E-state index < -0.39 is 33.7 Å². The van der Waals surface area contributed by atoms with Crippen LogP contribution in [0.15, 0.2) is 53.1 Å². The van der Waals surface area contributed by atoms with Crippen LogP contribution in [0.4, 0.5) is 0 Å². The fourth-order valence-electron chi connectivity index (χ4n) is 2.85. The van der Waals surface area contributed by atoms with Gasteiger partial charge in [-0.05, 0) is 24.6 Å². The standard InChI is InChI=1S/C19H17Cl3N2O5S/c1-10-11(2)30-17-14(23-13(25)8-28-12-6-4-3-5-7-12)16(26)24(17)15(10)18(27)29-19(21,22)9-20/h3-7,14,17H,2,8-9H2,1H3,(H,23,25)/t14?,17-/m1/s1. The molecule has 0 saturated carbocycles. The van der Waals surface area contributed by atoms with Crippen molar-refractivity contribution < 1.29 is 23.9 Å². The zero-order valence-electron chi connectivity index (χ0n) is 15.7. The number of nitrogens with one attached hydrogen (secondary N) is 1. The van der Waals surface area contributed by atoms with E-state index in [9.17, 15) is 14.4 Å². The molecule has 0 spiro atoms. The molecule has 0 radical (unpaired) electrons. The number of alkyl halides is 3. The van der Waals surface area contributed by atoms with E-state index in [2.05, 4.69) is 11.9 Å². The minimum Gasteiger partial charge on any atom is -0.484 e. The van der Waals surface area contributed by atoms with Crippen LogP contribution in [0.1, 0.15) is 6.92 Å². The van der Waals surface area contributed by atoms with E-state index in [1.165, 1.54) is 16.7 Å². The predicted molar refractivity (Wildman–Crippen MR) is 115 cm³/mol. The lowest BCUT2D eigenvalue weighted by atomic mass is 10.0. The van der Waals surface area contributed by atoms with Crippen LogP contribution in [0, 0.1) is 0 Å². The summed E-state index contributed by atoms with van der Waals surface area (Å²) in [6, 6.07) is 7.96. The number of rotatable bonds is 7. The van der Waals surface area contributed by atoms with Gasteiger partial charge in [0.05, 0.1) is 5.88 Å². The van der Waals surface area contributed by atoms with E-state index >= 15 is 0 Å². The van der Waals surface area contributed by atoms with Gasteiger partial charge in [-0.15, -0.1) is 11.6 Å². The Hall–Kier alpha value is -1.87. The molecule has 2 aliphatic heterocycles. The number of ether oxygens (including phenoxy) is 2. The fourth-order valence-corrected chi connectivity index (χ4v) is 4.24. The zero-order chi connectivity index (χ0) is 22.1. The normalized spacial score (nSPS) is 21.0. The third kappa shape index (κ3) is 4.72. The molecule has 1 fully saturated rings. The van der Waals surface area contributed by atoms with E-state index in [0.717, 1.165) is 0 Å². The molecule has 1 saturated heterocycles. The molecule has 1 unspecified atom stereocenters. The molecule has 160 valence electrons. The van der Waals surface area contributed by atoms with E-state index in [-0.39, 0.29) is 18.2 Å². The van der Waals surface area contributed by atoms with Gasteiger partial charge < -0.3 is 14.8 Å². The molecular formula is C19H17Cl3N2O5S. The maximum Gasteiger partial charge on any atom is 0.358 e. The van der Waals surface area contributed by atoms with Gasteiger partial charge in [0.2, 0.25) is 0 Å². The summed E-state index contributed by atoms with van der Waals surface area (Å²) in [7, 11) is 0. The van der Waals surface area contributed by atoms with Crippen LogP contribution in [-0.4, -0.2) is 51.1 Å². The monoisotopic (exact) mass is 490 g/mol. The average Bonchev–Trinajstić information content (AvgIpc) is 2.72. The van der Waals surface area contributed by atoms with Crippen LogP contribution in [0.25, 0.3) is 0 Å². The van der Waals surface area contributed by atoms with E-state index in [0.29, 0.717) is 16.2 Å². The molecule has 0 aromatic heterocycles. The summed E-state index contributed by atoms with van der Waals surface area (Å²) in [5, 5.41) is 2.06. The second-order valence-corrected chi connectivity index (χ2v) is 9.31. The van der Waals surface area contributed by atoms with Crippen molar-refractivity contribution in [3.05, 3.63) is 53.1 Å². The van der Waals surface area contributed by atoms with Crippen LogP contribution in [0.3, 0.4) is 0 Å². The van der Waals surface area contributed by atoms with Gasteiger partial charge in [0, 0.05) is 4.91 Å². The molecule has 3 rings (SSSR count). The van der Waals surface area contributed by atoms with Gasteiger partial charge in [-0.1, -0.05) is 59.7 Å². The highest BCUT2D eigenvalue weighted by Gasteiger charge is 2.55. The number of halogens is 3. The predicted octanol–water partition coefficient (Wildman–Crippen LogP) is 3.17. The van der Waals surface area contributed by atoms with E-state index in [4.69, 9.17) is 44.3 Å². The van der Waals surface area contributed by atoms with Crippen molar-refractivity contribution in [3.63, 3.8) is 0 Å². The molecule has 0 aliphatic carbocycles. The Morgan fingerprint density at radius 2 is 1.97 bits per heavy atom. The minimum absolute atomic E-state index is 0.0319. The summed E-state index contributed by atoms with van der Waals surface area (Å²) in [5.74, 6) is -1.68. The quantitative estimate of drug-likeness (QED) is 0.358. The van der Waals surface area contributed by atoms with Crippen molar-refractivity contribution in [2.24, 2.45) is 0 Å². The first-order valence-corrected chi connectivity index (χ1v) is 10.9. The SMILES string of the molecule is C=C1S[C@@H]2C(NC(=O)COc3ccccc3)C(=O)N2C(C(=O)OC(Cl)(Cl)CCl)=C1C. The summed E-state index contributed by atoms with van der Waals surface area (Å²) in [6.07, 6.45) is 0. The van der Waals surface area contributed by atoms with Crippen LogP contribution >= 0.6 is 46.6 Å². The van der Waals surface area contributed by atoms with Crippen molar-refractivity contribution in [2.45, 2.75) is 22.9 Å². The van der Waals surface area contributed by atoms with Gasteiger partial charge in [-0.2, -0.15) is 0 Å². The number of amides is 2. The van der Waals surface area contributed by atoms with Gasteiger partial charge >= 0.3 is 5.97 Å². The molecule has 2 atom stereocenters. The summed E-state index contributed by atoms with van der Waals surface area (Å²) in [6.45, 7) is 5.28. The molecule has 7 nitrogen and oxygen atoms in total. The highest BCUT2D eigenvalue weighted by molar-refractivity contribution is 8.04. The number of para-hydroxylation sites is 1. The molecule has 11 heteroatoms. The molecule has 1 N–H and O–H groups in total. The number of fused-ring (bicyclic) bond motifs is 1. The molecule has 30 heavy (non-hydrogen) atoms. The van der Waals surface area contributed by atoms with Gasteiger partial charge in [-0.3, -0.25) is 14.5 Å². The average molecular weight is 492 g/mol. The molecule has 2 heterocycles. The fraction of sp³-hybridized carbons (Fsp3) is 0.316. The van der Waals surface area contributed by atoms with Crippen molar-refractivity contribution >= 4 is 64.3 Å². The maximum absolute atomic E-state index is 12.7. The molecule has 0 bridgehead atoms. The van der Waals surface area contributed by atoms with Gasteiger partial charge in [0.25, 0.3) is 16.3 Å². The number of β-lactam (4-membered cyclic amide) rings is 1. The molecule has 1 aromatic carbocycles. The zero-order valence-corrected chi connectivity index (χ0v) is 18.8. The smallest absolute Gasteiger partial charge is 0.358 e. The highest BCUT2D eigenvalue weighted by Crippen LogP contribution is 2.46. The van der Waals surface area contributed by atoms with Crippen LogP contribution in [-0.2, 0) is 19.1 Å². The number of nitrogens with zero attached hydrogens (tertiary/aromatic N) is 1. The Bertz CT molecular complexity index is 922. The highest BCUT2D eigenvalue weighted by atomic mass is 35.5. The van der Waals surface area contributed by atoms with Crippen molar-refractivity contribution in [1.82, 2.24) is 10.2 Å². The first kappa shape index (κ1) is 22.8. The lowest BCUT2D eigenvalue weighted by molar-refractivity contribution is -0.154. The van der Waals surface area contributed by atoms with Crippen molar-refractivity contribution in [1.29, 1.82) is 0 Å². The topological polar surface area (TPSA) is 84.9 Å². The first-order valence-electron chi connectivity index (χ1n) is 8.69. The maximum atomic E-state index is 12.7. The van der Waals surface area contributed by atoms with E-state index in [1.54, 1.807) is 31.2 Å². The Morgan fingerprint density at radius 3 is 2.60 bits per heavy atom. The van der Waals surface area contributed by atoms with Gasteiger partial charge in [0.15, 0.2) is 6.61 Å². The first-order chi connectivity index (χ1) is 14.1. The summed E-state index contributed by atoms with van der Waals surface area (Å²) in [4.78, 5) is 39.3. The van der Waals surface area contributed by atoms with Crippen molar-refractivity contribution in [3.8, 4) is 5.75 Å². The number of carbonyl (C=O) groups is 3. The number of hydrogen-bond acceptors (Lipinski definition) is 6. The number of thioether (sulfide) groups is 1. The minimum atomic E-state index is -1.94. The lowest BCUT2D eigenvalue weighted by Gasteiger charge is -2.49. The third-order valence-electron chi connectivity index (χ3n) is 4.34. The van der Waals surface area contributed by atoms with Crippen LogP contribution in [0.2, 0.25) is 0 Å².